The number of nitrogens with one attached hydrogen (secondary N) is 1. The van der Waals surface area contributed by atoms with Crippen molar-refractivity contribution < 1.29 is 37.7 Å². The Morgan fingerprint density at radius 1 is 0.976 bits per heavy atom. The highest BCUT2D eigenvalue weighted by molar-refractivity contribution is 7.89. The molecule has 1 amide bonds. The minimum atomic E-state index is -3.99. The number of methoxy groups -OCH3 is 1. The number of carbonyl (C=O) groups excluding carboxylic acids is 1. The molecule has 0 aliphatic rings. The van der Waals surface area contributed by atoms with Crippen molar-refractivity contribution in [3.05, 3.63) is 84.1 Å². The maximum absolute atomic E-state index is 13.6. The van der Waals surface area contributed by atoms with Crippen molar-refractivity contribution in [1.29, 1.82) is 0 Å². The molecule has 0 saturated carbocycles. The second-order valence-corrected chi connectivity index (χ2v) is 12.2. The van der Waals surface area contributed by atoms with Crippen LogP contribution in [0.1, 0.15) is 30.0 Å². The van der Waals surface area contributed by atoms with Gasteiger partial charge in [-0.3, -0.25) is 4.79 Å². The highest BCUT2D eigenvalue weighted by atomic mass is 32.2. The Balaban J connectivity index is 1.61. The van der Waals surface area contributed by atoms with Gasteiger partial charge in [0.1, 0.15) is 11.3 Å². The molecule has 218 valence electrons. The highest BCUT2D eigenvalue weighted by Crippen LogP contribution is 2.32. The van der Waals surface area contributed by atoms with Gasteiger partial charge in [-0.25, -0.2) is 8.42 Å². The lowest BCUT2D eigenvalue weighted by atomic mass is 10.0. The number of fused-ring (bicyclic) bond motifs is 1. The van der Waals surface area contributed by atoms with E-state index in [9.17, 15) is 28.5 Å². The zero-order valence-corrected chi connectivity index (χ0v) is 23.8. The van der Waals surface area contributed by atoms with Gasteiger partial charge in [0.05, 0.1) is 24.2 Å². The van der Waals surface area contributed by atoms with Crippen LogP contribution in [-0.2, 0) is 16.4 Å². The molecule has 3 aromatic carbocycles. The summed E-state index contributed by atoms with van der Waals surface area (Å²) >= 11 is 0. The van der Waals surface area contributed by atoms with E-state index < -0.39 is 28.1 Å². The monoisotopic (exact) mass is 582 g/mol. The Labute approximate surface area is 238 Å². The second kappa shape index (κ2) is 12.6. The van der Waals surface area contributed by atoms with Gasteiger partial charge < -0.3 is 29.8 Å². The van der Waals surface area contributed by atoms with Crippen molar-refractivity contribution in [2.75, 3.05) is 20.2 Å². The van der Waals surface area contributed by atoms with Crippen LogP contribution < -0.4 is 10.1 Å². The number of aliphatic hydroxyl groups is 1. The summed E-state index contributed by atoms with van der Waals surface area (Å²) in [6, 6.07) is 18.2. The summed E-state index contributed by atoms with van der Waals surface area (Å²) in [6.45, 7) is 3.63. The third kappa shape index (κ3) is 7.18. The van der Waals surface area contributed by atoms with Gasteiger partial charge in [0, 0.05) is 24.5 Å². The summed E-state index contributed by atoms with van der Waals surface area (Å²) in [4.78, 5) is 13.3. The van der Waals surface area contributed by atoms with Gasteiger partial charge in [-0.05, 0) is 54.3 Å². The van der Waals surface area contributed by atoms with Crippen LogP contribution in [0.25, 0.3) is 11.0 Å². The summed E-state index contributed by atoms with van der Waals surface area (Å²) in [7, 11) is -2.50. The zero-order valence-electron chi connectivity index (χ0n) is 23.0. The molecule has 0 saturated heterocycles. The average Bonchev–Trinajstić information content (AvgIpc) is 3.35. The van der Waals surface area contributed by atoms with Crippen LogP contribution in [-0.4, -0.2) is 66.3 Å². The van der Waals surface area contributed by atoms with E-state index in [1.165, 1.54) is 41.7 Å². The third-order valence-corrected chi connectivity index (χ3v) is 8.42. The van der Waals surface area contributed by atoms with Crippen molar-refractivity contribution in [2.45, 2.75) is 37.3 Å². The zero-order chi connectivity index (χ0) is 29.7. The van der Waals surface area contributed by atoms with E-state index in [-0.39, 0.29) is 53.2 Å². The molecule has 0 aliphatic carbocycles. The second-order valence-electron chi connectivity index (χ2n) is 10.2. The number of carbonyl (C=O) groups is 1. The quantitative estimate of drug-likeness (QED) is 0.184. The van der Waals surface area contributed by atoms with E-state index in [0.29, 0.717) is 11.1 Å². The van der Waals surface area contributed by atoms with E-state index >= 15 is 0 Å². The molecular weight excluding hydrogens is 548 g/mol. The number of sulfonamides is 1. The van der Waals surface area contributed by atoms with Crippen LogP contribution in [0.3, 0.4) is 0 Å². The maximum atomic E-state index is 13.6. The van der Waals surface area contributed by atoms with Gasteiger partial charge in [0.25, 0.3) is 5.91 Å². The molecule has 41 heavy (non-hydrogen) atoms. The van der Waals surface area contributed by atoms with E-state index in [0.717, 1.165) is 5.56 Å². The molecule has 0 fully saturated rings. The van der Waals surface area contributed by atoms with Crippen LogP contribution in [0.15, 0.2) is 82.1 Å². The fourth-order valence-electron chi connectivity index (χ4n) is 4.48. The standard InChI is InChI=1S/C30H34N2O8S/c1-19(2)17-32(41(37,38)23-11-9-22(39-3)10-12-23)18-27(35)24(13-20-7-5-4-6-8-20)31-30(36)29-15-21-14-25(33)26(34)16-28(21)40-29/h4-12,14-16,19,24,27,33-35H,13,17-18H2,1-3H3,(H,31,36)/t24-,27+/m0/s1. The van der Waals surface area contributed by atoms with Gasteiger partial charge >= 0.3 is 0 Å². The normalized spacial score (nSPS) is 13.4. The van der Waals surface area contributed by atoms with Crippen molar-refractivity contribution in [1.82, 2.24) is 9.62 Å². The number of hydrogen-bond acceptors (Lipinski definition) is 8. The first-order valence-corrected chi connectivity index (χ1v) is 14.5. The summed E-state index contributed by atoms with van der Waals surface area (Å²) in [6.07, 6.45) is -1.07. The molecule has 4 N–H and O–H groups in total. The van der Waals surface area contributed by atoms with Gasteiger partial charge in [-0.1, -0.05) is 44.2 Å². The number of phenols is 2. The van der Waals surface area contributed by atoms with Crippen molar-refractivity contribution in [3.8, 4) is 17.2 Å². The molecule has 0 unspecified atom stereocenters. The number of benzene rings is 3. The van der Waals surface area contributed by atoms with Crippen LogP contribution in [0.5, 0.6) is 17.2 Å². The van der Waals surface area contributed by atoms with Gasteiger partial charge in [-0.15, -0.1) is 0 Å². The molecule has 0 aliphatic heterocycles. The molecule has 1 heterocycles. The Hall–Kier alpha value is -4.06. The predicted molar refractivity (Wildman–Crippen MR) is 154 cm³/mol. The van der Waals surface area contributed by atoms with Gasteiger partial charge in [0.2, 0.25) is 10.0 Å². The Morgan fingerprint density at radius 3 is 2.27 bits per heavy atom. The molecule has 10 nitrogen and oxygen atoms in total. The molecule has 0 bridgehead atoms. The lowest BCUT2D eigenvalue weighted by Gasteiger charge is -2.30. The van der Waals surface area contributed by atoms with Gasteiger partial charge in [0.15, 0.2) is 17.3 Å². The third-order valence-electron chi connectivity index (χ3n) is 6.57. The topological polar surface area (TPSA) is 150 Å². The first-order chi connectivity index (χ1) is 19.5. The SMILES string of the molecule is COc1ccc(S(=O)(=O)N(CC(C)C)C[C@@H](O)[C@H](Cc2ccccc2)NC(=O)c2cc3cc(O)c(O)cc3o2)cc1. The highest BCUT2D eigenvalue weighted by Gasteiger charge is 2.32. The molecule has 0 radical (unpaired) electrons. The average molecular weight is 583 g/mol. The Bertz CT molecular complexity index is 1550. The van der Waals surface area contributed by atoms with Crippen molar-refractivity contribution in [3.63, 3.8) is 0 Å². The predicted octanol–water partition coefficient (Wildman–Crippen LogP) is 3.90. The molecule has 0 spiro atoms. The van der Waals surface area contributed by atoms with Crippen LogP contribution >= 0.6 is 0 Å². The lowest BCUT2D eigenvalue weighted by molar-refractivity contribution is 0.0756. The number of rotatable bonds is 12. The minimum Gasteiger partial charge on any atom is -0.504 e. The number of amides is 1. The van der Waals surface area contributed by atoms with Crippen LogP contribution in [0.2, 0.25) is 0 Å². The smallest absolute Gasteiger partial charge is 0.287 e. The van der Waals surface area contributed by atoms with Gasteiger partial charge in [-0.2, -0.15) is 4.31 Å². The Kier molecular flexibility index (Phi) is 9.21. The molecule has 4 rings (SSSR count). The molecule has 2 atom stereocenters. The summed E-state index contributed by atoms with van der Waals surface area (Å²) in [5, 5.41) is 34.2. The molecule has 11 heteroatoms. The molecule has 4 aromatic rings. The number of hydrogen-bond donors (Lipinski definition) is 4. The summed E-state index contributed by atoms with van der Waals surface area (Å²) in [5.74, 6) is -1.01. The summed E-state index contributed by atoms with van der Waals surface area (Å²) < 4.78 is 39.2. The number of nitrogens with zero attached hydrogens (tertiary/aromatic N) is 1. The van der Waals surface area contributed by atoms with E-state index in [2.05, 4.69) is 5.32 Å². The number of ether oxygens (including phenoxy) is 1. The maximum Gasteiger partial charge on any atom is 0.287 e. The number of phenolic OH excluding ortho intramolecular Hbond substituents is 2. The van der Waals surface area contributed by atoms with E-state index in [1.807, 2.05) is 44.2 Å². The molecular formula is C30H34N2O8S. The summed E-state index contributed by atoms with van der Waals surface area (Å²) in [5.41, 5.74) is 1.02. The number of furan rings is 1. The van der Waals surface area contributed by atoms with Crippen molar-refractivity contribution in [2.24, 2.45) is 5.92 Å². The number of aliphatic hydroxyl groups excluding tert-OH is 1. The van der Waals surface area contributed by atoms with E-state index in [1.54, 1.807) is 12.1 Å². The fourth-order valence-corrected chi connectivity index (χ4v) is 6.10. The first kappa shape index (κ1) is 29.9. The lowest BCUT2D eigenvalue weighted by Crippen LogP contribution is -2.51. The van der Waals surface area contributed by atoms with Crippen LogP contribution in [0, 0.1) is 5.92 Å². The first-order valence-electron chi connectivity index (χ1n) is 13.1. The largest absolute Gasteiger partial charge is 0.504 e. The minimum absolute atomic E-state index is 0.0410. The van der Waals surface area contributed by atoms with E-state index in [4.69, 9.17) is 9.15 Å². The fraction of sp³-hybridized carbons (Fsp3) is 0.300. The van der Waals surface area contributed by atoms with Crippen molar-refractivity contribution >= 4 is 26.9 Å². The van der Waals surface area contributed by atoms with Crippen LogP contribution in [0.4, 0.5) is 0 Å². The number of aromatic hydroxyl groups is 2. The molecule has 1 aromatic heterocycles. The Morgan fingerprint density at radius 2 is 1.63 bits per heavy atom.